The minimum atomic E-state index is 0.237. The first-order chi connectivity index (χ1) is 8.29. The lowest BCUT2D eigenvalue weighted by atomic mass is 9.78. The third-order valence-corrected chi connectivity index (χ3v) is 4.71. The molecule has 0 aromatic heterocycles. The molecule has 1 fully saturated rings. The average molecular weight is 254 g/mol. The van der Waals surface area contributed by atoms with Crippen LogP contribution in [-0.2, 0) is 0 Å². The van der Waals surface area contributed by atoms with Gasteiger partial charge in [0.1, 0.15) is 0 Å². The highest BCUT2D eigenvalue weighted by Crippen LogP contribution is 2.34. The Morgan fingerprint density at radius 3 is 2.11 bits per heavy atom. The van der Waals surface area contributed by atoms with Crippen LogP contribution in [0.1, 0.15) is 67.2 Å². The van der Waals surface area contributed by atoms with Crippen molar-refractivity contribution in [2.24, 2.45) is 5.41 Å². The van der Waals surface area contributed by atoms with Crippen LogP contribution in [0.5, 0.6) is 0 Å². The maximum absolute atomic E-state index is 3.66. The van der Waals surface area contributed by atoms with Crippen LogP contribution in [0.3, 0.4) is 0 Å². The first-order valence-corrected chi connectivity index (χ1v) is 7.79. The molecule has 1 unspecified atom stereocenters. The van der Waals surface area contributed by atoms with Crippen molar-refractivity contribution in [1.29, 1.82) is 0 Å². The van der Waals surface area contributed by atoms with Crippen molar-refractivity contribution in [3.8, 4) is 0 Å². The summed E-state index contributed by atoms with van der Waals surface area (Å²) in [6, 6.07) is 0.714. The molecule has 1 rings (SSSR count). The fourth-order valence-corrected chi connectivity index (χ4v) is 2.74. The highest BCUT2D eigenvalue weighted by atomic mass is 15.2. The monoisotopic (exact) mass is 254 g/mol. The van der Waals surface area contributed by atoms with E-state index in [-0.39, 0.29) is 5.54 Å². The molecule has 2 heteroatoms. The Bertz CT molecular complexity index is 234. The predicted molar refractivity (Wildman–Crippen MR) is 81.0 cm³/mol. The Labute approximate surface area is 115 Å². The summed E-state index contributed by atoms with van der Waals surface area (Å²) in [4.78, 5) is 2.70. The van der Waals surface area contributed by atoms with E-state index in [2.05, 4.69) is 51.8 Å². The van der Waals surface area contributed by atoms with E-state index in [0.29, 0.717) is 11.5 Å². The van der Waals surface area contributed by atoms with Gasteiger partial charge in [-0.15, -0.1) is 0 Å². The van der Waals surface area contributed by atoms with Gasteiger partial charge in [-0.05, 0) is 58.5 Å². The number of rotatable bonds is 5. The lowest BCUT2D eigenvalue weighted by Gasteiger charge is -2.43. The lowest BCUT2D eigenvalue weighted by molar-refractivity contribution is 0.0759. The molecule has 18 heavy (non-hydrogen) atoms. The number of hydrogen-bond acceptors (Lipinski definition) is 2. The molecule has 2 nitrogen and oxygen atoms in total. The van der Waals surface area contributed by atoms with Gasteiger partial charge in [0, 0.05) is 18.1 Å². The Kier molecular flexibility index (Phi) is 5.67. The zero-order valence-corrected chi connectivity index (χ0v) is 13.5. The molecule has 0 radical (unpaired) electrons. The summed E-state index contributed by atoms with van der Waals surface area (Å²) in [5.41, 5.74) is 0.841. The van der Waals surface area contributed by atoms with E-state index in [4.69, 9.17) is 0 Å². The van der Waals surface area contributed by atoms with Crippen molar-refractivity contribution in [3.05, 3.63) is 0 Å². The molecular weight excluding hydrogens is 220 g/mol. The molecule has 1 aliphatic heterocycles. The third-order valence-electron chi connectivity index (χ3n) is 4.71. The minimum absolute atomic E-state index is 0.237. The highest BCUT2D eigenvalue weighted by Gasteiger charge is 2.30. The van der Waals surface area contributed by atoms with Gasteiger partial charge in [0.25, 0.3) is 0 Å². The van der Waals surface area contributed by atoms with Crippen molar-refractivity contribution < 1.29 is 0 Å². The zero-order chi connectivity index (χ0) is 13.8. The SMILES string of the molecule is CCC(CNC(C)(C)C)N1CCC(C)(CC)CC1. The zero-order valence-electron chi connectivity index (χ0n) is 13.5. The van der Waals surface area contributed by atoms with Crippen LogP contribution < -0.4 is 5.32 Å². The van der Waals surface area contributed by atoms with Crippen LogP contribution in [0, 0.1) is 5.41 Å². The van der Waals surface area contributed by atoms with Crippen molar-refractivity contribution in [2.75, 3.05) is 19.6 Å². The van der Waals surface area contributed by atoms with E-state index in [0.717, 1.165) is 6.54 Å². The second-order valence-electron chi connectivity index (χ2n) is 7.39. The Morgan fingerprint density at radius 2 is 1.72 bits per heavy atom. The average Bonchev–Trinajstić information content (AvgIpc) is 2.31. The van der Waals surface area contributed by atoms with Gasteiger partial charge in [-0.25, -0.2) is 0 Å². The largest absolute Gasteiger partial charge is 0.311 e. The van der Waals surface area contributed by atoms with Gasteiger partial charge in [0.2, 0.25) is 0 Å². The van der Waals surface area contributed by atoms with Crippen LogP contribution in [-0.4, -0.2) is 36.1 Å². The maximum Gasteiger partial charge on any atom is 0.0218 e. The van der Waals surface area contributed by atoms with E-state index in [9.17, 15) is 0 Å². The summed E-state index contributed by atoms with van der Waals surface area (Å²) in [5.74, 6) is 0. The van der Waals surface area contributed by atoms with Gasteiger partial charge in [-0.2, -0.15) is 0 Å². The molecule has 0 aromatic carbocycles. The summed E-state index contributed by atoms with van der Waals surface area (Å²) in [6.45, 7) is 17.6. The van der Waals surface area contributed by atoms with Crippen LogP contribution >= 0.6 is 0 Å². The van der Waals surface area contributed by atoms with Gasteiger partial charge < -0.3 is 5.32 Å². The standard InChI is InChI=1S/C16H34N2/c1-7-14(13-17-15(3,4)5)18-11-9-16(6,8-2)10-12-18/h14,17H,7-13H2,1-6H3. The summed E-state index contributed by atoms with van der Waals surface area (Å²) in [5, 5.41) is 3.66. The van der Waals surface area contributed by atoms with E-state index in [1.807, 2.05) is 0 Å². The smallest absolute Gasteiger partial charge is 0.0218 e. The predicted octanol–water partition coefficient (Wildman–Crippen LogP) is 3.67. The van der Waals surface area contributed by atoms with E-state index < -0.39 is 0 Å². The number of piperidine rings is 1. The first kappa shape index (κ1) is 16.0. The molecule has 0 amide bonds. The van der Waals surface area contributed by atoms with Gasteiger partial charge in [-0.1, -0.05) is 27.2 Å². The molecule has 0 aromatic rings. The highest BCUT2D eigenvalue weighted by molar-refractivity contribution is 4.86. The molecule has 0 aliphatic carbocycles. The van der Waals surface area contributed by atoms with Gasteiger partial charge >= 0.3 is 0 Å². The lowest BCUT2D eigenvalue weighted by Crippen LogP contribution is -2.50. The second-order valence-corrected chi connectivity index (χ2v) is 7.39. The van der Waals surface area contributed by atoms with Crippen molar-refractivity contribution in [1.82, 2.24) is 10.2 Å². The normalized spacial score (nSPS) is 23.0. The molecule has 1 saturated heterocycles. The van der Waals surface area contributed by atoms with Crippen molar-refractivity contribution in [2.45, 2.75) is 78.8 Å². The van der Waals surface area contributed by atoms with Crippen LogP contribution in [0.2, 0.25) is 0 Å². The Hall–Kier alpha value is -0.0800. The number of nitrogens with zero attached hydrogens (tertiary/aromatic N) is 1. The molecule has 0 spiro atoms. The van der Waals surface area contributed by atoms with E-state index >= 15 is 0 Å². The van der Waals surface area contributed by atoms with Crippen LogP contribution in [0.4, 0.5) is 0 Å². The number of likely N-dealkylation sites (tertiary alicyclic amines) is 1. The van der Waals surface area contributed by atoms with Crippen LogP contribution in [0.25, 0.3) is 0 Å². The van der Waals surface area contributed by atoms with Gasteiger partial charge in [0.05, 0.1) is 0 Å². The number of nitrogens with one attached hydrogen (secondary N) is 1. The van der Waals surface area contributed by atoms with Crippen molar-refractivity contribution >= 4 is 0 Å². The summed E-state index contributed by atoms with van der Waals surface area (Å²) >= 11 is 0. The summed E-state index contributed by atoms with van der Waals surface area (Å²) < 4.78 is 0. The van der Waals surface area contributed by atoms with Gasteiger partial charge in [0.15, 0.2) is 0 Å². The minimum Gasteiger partial charge on any atom is -0.311 e. The fraction of sp³-hybridized carbons (Fsp3) is 1.00. The topological polar surface area (TPSA) is 15.3 Å². The second kappa shape index (κ2) is 6.38. The summed E-state index contributed by atoms with van der Waals surface area (Å²) in [7, 11) is 0. The first-order valence-electron chi connectivity index (χ1n) is 7.79. The Balaban J connectivity index is 2.43. The molecule has 1 heterocycles. The van der Waals surface area contributed by atoms with Gasteiger partial charge in [-0.3, -0.25) is 4.90 Å². The quantitative estimate of drug-likeness (QED) is 0.805. The van der Waals surface area contributed by atoms with Crippen molar-refractivity contribution in [3.63, 3.8) is 0 Å². The molecule has 1 atom stereocenters. The molecule has 1 aliphatic rings. The molecular formula is C16H34N2. The van der Waals surface area contributed by atoms with E-state index in [1.54, 1.807) is 0 Å². The number of hydrogen-bond donors (Lipinski definition) is 1. The van der Waals surface area contributed by atoms with E-state index in [1.165, 1.54) is 38.8 Å². The molecule has 0 saturated carbocycles. The molecule has 1 N–H and O–H groups in total. The molecule has 108 valence electrons. The third kappa shape index (κ3) is 4.89. The molecule has 0 bridgehead atoms. The van der Waals surface area contributed by atoms with Crippen LogP contribution in [0.15, 0.2) is 0 Å². The fourth-order valence-electron chi connectivity index (χ4n) is 2.74. The Morgan fingerprint density at radius 1 is 1.17 bits per heavy atom. The maximum atomic E-state index is 3.66. The summed E-state index contributed by atoms with van der Waals surface area (Å²) in [6.07, 6.45) is 5.33.